The van der Waals surface area contributed by atoms with E-state index in [0.717, 1.165) is 33.4 Å². The van der Waals surface area contributed by atoms with Gasteiger partial charge in [-0.15, -0.1) is 0 Å². The molecule has 0 N–H and O–H groups in total. The van der Waals surface area contributed by atoms with Crippen LogP contribution in [0, 0.1) is 22.7 Å². The van der Waals surface area contributed by atoms with E-state index in [4.69, 9.17) is 0 Å². The molecule has 4 aromatic rings. The van der Waals surface area contributed by atoms with Crippen LogP contribution in [0.25, 0.3) is 11.1 Å². The minimum Gasteiger partial charge on any atom is -0.299 e. The van der Waals surface area contributed by atoms with Gasteiger partial charge in [0, 0.05) is 28.1 Å². The Hall–Kier alpha value is -4.11. The molecule has 10 rings (SSSR count). The summed E-state index contributed by atoms with van der Waals surface area (Å²) in [5.74, 6) is -0.956. The van der Waals surface area contributed by atoms with Crippen LogP contribution in [0.3, 0.4) is 0 Å². The lowest BCUT2D eigenvalue weighted by molar-refractivity contribution is -0.173. The fourth-order valence-electron chi connectivity index (χ4n) is 12.9. The van der Waals surface area contributed by atoms with Crippen LogP contribution in [0.5, 0.6) is 0 Å². The van der Waals surface area contributed by atoms with Crippen molar-refractivity contribution in [2.24, 2.45) is 22.7 Å². The topological polar surface area (TPSA) is 51.2 Å². The van der Waals surface area contributed by atoms with Crippen LogP contribution in [0.1, 0.15) is 36.1 Å². The van der Waals surface area contributed by atoms with Crippen molar-refractivity contribution in [3.63, 3.8) is 0 Å². The van der Waals surface area contributed by atoms with Gasteiger partial charge in [-0.2, -0.15) is 0 Å². The van der Waals surface area contributed by atoms with E-state index >= 15 is 14.4 Å². The van der Waals surface area contributed by atoms with Crippen molar-refractivity contribution in [1.29, 1.82) is 0 Å². The van der Waals surface area contributed by atoms with Gasteiger partial charge in [-0.25, -0.2) is 0 Å². The summed E-state index contributed by atoms with van der Waals surface area (Å²) in [4.78, 5) is 46.3. The maximum atomic E-state index is 16.1. The molecule has 3 heteroatoms. The highest BCUT2D eigenvalue weighted by Gasteiger charge is 3.14. The number of Topliss-reactive ketones (excluding diaryl/α,β-unsaturated/α-hetero) is 3. The van der Waals surface area contributed by atoms with Gasteiger partial charge in [-0.05, 0) is 33.4 Å². The number of ketones is 3. The quantitative estimate of drug-likeness (QED) is 0.340. The largest absolute Gasteiger partial charge is 0.299 e. The number of carbonyl (C=O) groups excluding carboxylic acids is 3. The molecule has 192 valence electrons. The molecule has 2 spiro atoms. The molecule has 0 radical (unpaired) electrons. The predicted molar refractivity (Wildman–Crippen MR) is 150 cm³/mol. The summed E-state index contributed by atoms with van der Waals surface area (Å²) < 4.78 is 0. The molecule has 5 saturated carbocycles. The van der Waals surface area contributed by atoms with Gasteiger partial charge in [0.15, 0.2) is 5.78 Å². The van der Waals surface area contributed by atoms with Gasteiger partial charge in [0.2, 0.25) is 0 Å². The van der Waals surface area contributed by atoms with Crippen LogP contribution >= 0.6 is 0 Å². The Morgan fingerprint density at radius 1 is 0.525 bits per heavy atom. The van der Waals surface area contributed by atoms with Crippen molar-refractivity contribution in [3.05, 3.63) is 131 Å². The Kier molecular flexibility index (Phi) is 3.16. The third-order valence-corrected chi connectivity index (χ3v) is 13.0. The molecule has 2 bridgehead atoms. The number of hydrogen-bond acceptors (Lipinski definition) is 3. The number of rotatable bonds is 2. The van der Waals surface area contributed by atoms with Crippen LogP contribution in [0.15, 0.2) is 109 Å². The molecular weight excluding hydrogens is 492 g/mol. The Labute approximate surface area is 232 Å². The second-order valence-electron chi connectivity index (χ2n) is 13.3. The first-order chi connectivity index (χ1) is 19.4. The van der Waals surface area contributed by atoms with Gasteiger partial charge >= 0.3 is 0 Å². The number of carbonyl (C=O) groups is 3. The fraction of sp³-hybridized carbons (Fsp3) is 0.270. The van der Waals surface area contributed by atoms with Crippen LogP contribution in [-0.2, 0) is 36.0 Å². The highest BCUT2D eigenvalue weighted by atomic mass is 16.2. The average molecular weight is 519 g/mol. The van der Waals surface area contributed by atoms with Crippen LogP contribution < -0.4 is 0 Å². The molecule has 6 aliphatic carbocycles. The highest BCUT2D eigenvalue weighted by molar-refractivity contribution is 6.32. The van der Waals surface area contributed by atoms with Crippen molar-refractivity contribution in [1.82, 2.24) is 0 Å². The summed E-state index contributed by atoms with van der Waals surface area (Å²) in [5, 5.41) is 0. The molecule has 0 unspecified atom stereocenters. The van der Waals surface area contributed by atoms with E-state index < -0.39 is 44.3 Å². The first-order valence-electron chi connectivity index (χ1n) is 14.3. The molecule has 0 heterocycles. The van der Waals surface area contributed by atoms with Gasteiger partial charge in [0.1, 0.15) is 11.6 Å². The molecule has 4 aromatic carbocycles. The third-order valence-electron chi connectivity index (χ3n) is 13.0. The van der Waals surface area contributed by atoms with E-state index in [-0.39, 0.29) is 17.3 Å². The van der Waals surface area contributed by atoms with E-state index in [1.165, 1.54) is 0 Å². The molecule has 0 amide bonds. The van der Waals surface area contributed by atoms with Crippen LogP contribution in [0.4, 0.5) is 0 Å². The van der Waals surface area contributed by atoms with Crippen molar-refractivity contribution < 1.29 is 14.4 Å². The fourth-order valence-corrected chi connectivity index (χ4v) is 12.9. The van der Waals surface area contributed by atoms with Crippen molar-refractivity contribution in [2.75, 3.05) is 0 Å². The monoisotopic (exact) mass is 518 g/mol. The second kappa shape index (κ2) is 5.83. The summed E-state index contributed by atoms with van der Waals surface area (Å²) in [6, 6.07) is 36.9. The van der Waals surface area contributed by atoms with E-state index in [1.54, 1.807) is 0 Å². The van der Waals surface area contributed by atoms with E-state index in [0.29, 0.717) is 0 Å². The number of benzene rings is 4. The van der Waals surface area contributed by atoms with E-state index in [9.17, 15) is 0 Å². The smallest absolute Gasteiger partial charge is 0.157 e. The standard InChI is InChI=1S/C37H26O3/c1-32-28-27(38)29-33(2,30(32)39)37-26-20-12-10-18-24(26)23-17-9-11-19-25(23)36(29,37)34(28,21-13-5-3-6-14-21)31(40)35(32,37)22-15-7-4-8-16-22/h3-20,28-29H,1-2H3/t28-,29-,32+,33+,34-,35+,36-,37-/m1/s1. The minimum absolute atomic E-state index is 0.0711. The number of hydrogen-bond donors (Lipinski definition) is 0. The van der Waals surface area contributed by atoms with Gasteiger partial charge < -0.3 is 0 Å². The molecule has 0 aromatic heterocycles. The van der Waals surface area contributed by atoms with Crippen LogP contribution in [-0.4, -0.2) is 17.3 Å². The zero-order valence-corrected chi connectivity index (χ0v) is 22.3. The molecular formula is C37H26O3. The molecule has 0 saturated heterocycles. The van der Waals surface area contributed by atoms with Crippen molar-refractivity contribution >= 4 is 17.3 Å². The molecule has 6 aliphatic rings. The Morgan fingerprint density at radius 3 is 1.70 bits per heavy atom. The first kappa shape index (κ1) is 21.7. The number of fused-ring (bicyclic) bond motifs is 5. The maximum absolute atomic E-state index is 16.1. The van der Waals surface area contributed by atoms with Crippen molar-refractivity contribution in [2.45, 2.75) is 35.5 Å². The molecule has 5 fully saturated rings. The lowest BCUT2D eigenvalue weighted by Gasteiger charge is -2.74. The minimum atomic E-state index is -1.17. The lowest BCUT2D eigenvalue weighted by atomic mass is 9.24. The maximum Gasteiger partial charge on any atom is 0.157 e. The molecule has 40 heavy (non-hydrogen) atoms. The normalized spacial score (nSPS) is 43.5. The predicted octanol–water partition coefficient (Wildman–Crippen LogP) is 5.74. The first-order valence-corrected chi connectivity index (χ1v) is 14.3. The SMILES string of the molecule is C[C@@]12C(=O)[C@]3(C)[C@H]4C(=O)[C@H]1[C@]1(c5ccccc5)C(=O)[C@]2(c2ccccc2)[C@@]32c3ccccc3-c3ccccc3[C@]421. The Morgan fingerprint density at radius 2 is 1.05 bits per heavy atom. The van der Waals surface area contributed by atoms with Gasteiger partial charge in [-0.1, -0.05) is 123 Å². The summed E-state index contributed by atoms with van der Waals surface area (Å²) in [5.41, 5.74) is -0.0941. The Bertz CT molecular complexity index is 1930. The summed E-state index contributed by atoms with van der Waals surface area (Å²) in [6.07, 6.45) is 0. The van der Waals surface area contributed by atoms with Gasteiger partial charge in [-0.3, -0.25) is 14.4 Å². The van der Waals surface area contributed by atoms with Gasteiger partial charge in [0.05, 0.1) is 16.2 Å². The average Bonchev–Trinajstić information content (AvgIpc) is 3.38. The van der Waals surface area contributed by atoms with E-state index in [2.05, 4.69) is 42.5 Å². The molecule has 3 nitrogen and oxygen atoms in total. The molecule has 0 aliphatic heterocycles. The van der Waals surface area contributed by atoms with Crippen LogP contribution in [0.2, 0.25) is 0 Å². The third kappa shape index (κ3) is 1.38. The zero-order chi connectivity index (χ0) is 27.1. The summed E-state index contributed by atoms with van der Waals surface area (Å²) >= 11 is 0. The zero-order valence-electron chi connectivity index (χ0n) is 22.3. The summed E-state index contributed by atoms with van der Waals surface area (Å²) in [6.45, 7) is 4.02. The Balaban J connectivity index is 1.56. The van der Waals surface area contributed by atoms with E-state index in [1.807, 2.05) is 80.6 Å². The van der Waals surface area contributed by atoms with Gasteiger partial charge in [0.25, 0.3) is 0 Å². The molecule has 8 atom stereocenters. The second-order valence-corrected chi connectivity index (χ2v) is 13.3. The highest BCUT2D eigenvalue weighted by Crippen LogP contribution is 3.03. The lowest BCUT2D eigenvalue weighted by Crippen LogP contribution is -2.80. The van der Waals surface area contributed by atoms with Crippen molar-refractivity contribution in [3.8, 4) is 11.1 Å². The summed E-state index contributed by atoms with van der Waals surface area (Å²) in [7, 11) is 0.